The lowest BCUT2D eigenvalue weighted by molar-refractivity contribution is -0.134. The molecule has 0 aliphatic carbocycles. The third-order valence-corrected chi connectivity index (χ3v) is 3.68. The van der Waals surface area contributed by atoms with E-state index < -0.39 is 0 Å². The van der Waals surface area contributed by atoms with Crippen molar-refractivity contribution >= 4 is 5.91 Å². The van der Waals surface area contributed by atoms with Gasteiger partial charge in [0.2, 0.25) is 5.91 Å². The van der Waals surface area contributed by atoms with Gasteiger partial charge in [-0.1, -0.05) is 27.2 Å². The second kappa shape index (κ2) is 7.00. The molecule has 17 heavy (non-hydrogen) atoms. The molecule has 2 unspecified atom stereocenters. The van der Waals surface area contributed by atoms with E-state index in [1.54, 1.807) is 0 Å². The van der Waals surface area contributed by atoms with Crippen LogP contribution >= 0.6 is 0 Å². The standard InChI is InChI=1S/C14H28N2O/c1-4-5-12-6-7-16(10-12)14(17)13(9-15)8-11(2)3/h11-13H,4-10,15H2,1-3H3. The Morgan fingerprint density at radius 2 is 2.18 bits per heavy atom. The number of nitrogens with zero attached hydrogens (tertiary/aromatic N) is 1. The molecule has 0 saturated carbocycles. The predicted molar refractivity (Wildman–Crippen MR) is 71.6 cm³/mol. The van der Waals surface area contributed by atoms with Gasteiger partial charge in [-0.15, -0.1) is 0 Å². The summed E-state index contributed by atoms with van der Waals surface area (Å²) in [6, 6.07) is 0. The van der Waals surface area contributed by atoms with Gasteiger partial charge in [0.25, 0.3) is 0 Å². The molecule has 2 N–H and O–H groups in total. The van der Waals surface area contributed by atoms with Crippen LogP contribution in [0.1, 0.15) is 46.5 Å². The Labute approximate surface area is 106 Å². The summed E-state index contributed by atoms with van der Waals surface area (Å²) in [5.41, 5.74) is 5.74. The first-order chi connectivity index (χ1) is 8.08. The first kappa shape index (κ1) is 14.5. The van der Waals surface area contributed by atoms with Crippen LogP contribution in [0.25, 0.3) is 0 Å². The summed E-state index contributed by atoms with van der Waals surface area (Å²) in [6.07, 6.45) is 4.57. The molecule has 0 bridgehead atoms. The van der Waals surface area contributed by atoms with Crippen LogP contribution in [-0.2, 0) is 4.79 Å². The van der Waals surface area contributed by atoms with Crippen molar-refractivity contribution in [2.75, 3.05) is 19.6 Å². The molecular weight excluding hydrogens is 212 g/mol. The van der Waals surface area contributed by atoms with Crippen LogP contribution in [0.2, 0.25) is 0 Å². The molecule has 1 amide bonds. The zero-order valence-electron chi connectivity index (χ0n) is 11.6. The van der Waals surface area contributed by atoms with Crippen molar-refractivity contribution in [3.63, 3.8) is 0 Å². The van der Waals surface area contributed by atoms with Gasteiger partial charge >= 0.3 is 0 Å². The Balaban J connectivity index is 2.46. The first-order valence-electron chi connectivity index (χ1n) is 7.07. The van der Waals surface area contributed by atoms with Crippen molar-refractivity contribution < 1.29 is 4.79 Å². The van der Waals surface area contributed by atoms with E-state index in [-0.39, 0.29) is 5.92 Å². The molecule has 1 fully saturated rings. The van der Waals surface area contributed by atoms with Crippen LogP contribution < -0.4 is 5.73 Å². The summed E-state index contributed by atoms with van der Waals surface area (Å²) in [4.78, 5) is 14.3. The van der Waals surface area contributed by atoms with Gasteiger partial charge in [-0.3, -0.25) is 4.79 Å². The first-order valence-corrected chi connectivity index (χ1v) is 7.07. The molecule has 3 heteroatoms. The molecule has 100 valence electrons. The molecule has 0 radical (unpaired) electrons. The highest BCUT2D eigenvalue weighted by Crippen LogP contribution is 2.23. The molecule has 1 rings (SSSR count). The van der Waals surface area contributed by atoms with Crippen LogP contribution in [0.15, 0.2) is 0 Å². The summed E-state index contributed by atoms with van der Waals surface area (Å²) in [5.74, 6) is 1.60. The van der Waals surface area contributed by atoms with Gasteiger partial charge in [0.1, 0.15) is 0 Å². The summed E-state index contributed by atoms with van der Waals surface area (Å²) in [7, 11) is 0. The molecule has 2 atom stereocenters. The van der Waals surface area contributed by atoms with Gasteiger partial charge in [-0.25, -0.2) is 0 Å². The van der Waals surface area contributed by atoms with E-state index >= 15 is 0 Å². The highest BCUT2D eigenvalue weighted by molar-refractivity contribution is 5.79. The van der Waals surface area contributed by atoms with Gasteiger partial charge in [0.05, 0.1) is 5.92 Å². The third kappa shape index (κ3) is 4.30. The van der Waals surface area contributed by atoms with Crippen LogP contribution in [0.5, 0.6) is 0 Å². The number of rotatable bonds is 6. The largest absolute Gasteiger partial charge is 0.342 e. The average molecular weight is 240 g/mol. The lowest BCUT2D eigenvalue weighted by atomic mass is 9.96. The van der Waals surface area contributed by atoms with E-state index in [1.165, 1.54) is 19.3 Å². The third-order valence-electron chi connectivity index (χ3n) is 3.68. The van der Waals surface area contributed by atoms with Crippen molar-refractivity contribution in [3.8, 4) is 0 Å². The Morgan fingerprint density at radius 1 is 1.47 bits per heavy atom. The van der Waals surface area contributed by atoms with Gasteiger partial charge in [0.15, 0.2) is 0 Å². The fourth-order valence-corrected chi connectivity index (χ4v) is 2.80. The van der Waals surface area contributed by atoms with Crippen LogP contribution in [0, 0.1) is 17.8 Å². The van der Waals surface area contributed by atoms with Gasteiger partial charge in [-0.05, 0) is 31.1 Å². The average Bonchev–Trinajstić information content (AvgIpc) is 2.74. The smallest absolute Gasteiger partial charge is 0.226 e. The topological polar surface area (TPSA) is 46.3 Å². The molecule has 1 saturated heterocycles. The number of carbonyl (C=O) groups excluding carboxylic acids is 1. The zero-order valence-corrected chi connectivity index (χ0v) is 11.6. The van der Waals surface area contributed by atoms with Crippen molar-refractivity contribution in [3.05, 3.63) is 0 Å². The predicted octanol–water partition coefficient (Wildman–Crippen LogP) is 2.26. The van der Waals surface area contributed by atoms with E-state index in [1.807, 2.05) is 4.90 Å². The number of amides is 1. The van der Waals surface area contributed by atoms with Gasteiger partial charge in [0, 0.05) is 19.6 Å². The molecule has 1 heterocycles. The maximum Gasteiger partial charge on any atom is 0.226 e. The van der Waals surface area contributed by atoms with E-state index in [2.05, 4.69) is 20.8 Å². The molecular formula is C14H28N2O. The van der Waals surface area contributed by atoms with Gasteiger partial charge in [-0.2, -0.15) is 0 Å². The monoisotopic (exact) mass is 240 g/mol. The Kier molecular flexibility index (Phi) is 5.96. The van der Waals surface area contributed by atoms with E-state index in [0.29, 0.717) is 18.4 Å². The number of likely N-dealkylation sites (tertiary alicyclic amines) is 1. The minimum absolute atomic E-state index is 0.0374. The summed E-state index contributed by atoms with van der Waals surface area (Å²) < 4.78 is 0. The summed E-state index contributed by atoms with van der Waals surface area (Å²) in [5, 5.41) is 0. The number of hydrogen-bond acceptors (Lipinski definition) is 2. The summed E-state index contributed by atoms with van der Waals surface area (Å²) >= 11 is 0. The van der Waals surface area contributed by atoms with Crippen molar-refractivity contribution in [1.29, 1.82) is 0 Å². The van der Waals surface area contributed by atoms with E-state index in [9.17, 15) is 4.79 Å². The molecule has 0 aromatic rings. The highest BCUT2D eigenvalue weighted by Gasteiger charge is 2.29. The maximum absolute atomic E-state index is 12.3. The molecule has 0 aromatic carbocycles. The minimum Gasteiger partial charge on any atom is -0.342 e. The molecule has 3 nitrogen and oxygen atoms in total. The Bertz CT molecular complexity index is 240. The van der Waals surface area contributed by atoms with E-state index in [0.717, 1.165) is 25.4 Å². The second-order valence-electron chi connectivity index (χ2n) is 5.79. The molecule has 1 aliphatic heterocycles. The summed E-state index contributed by atoms with van der Waals surface area (Å²) in [6.45, 7) is 8.91. The minimum atomic E-state index is 0.0374. The van der Waals surface area contributed by atoms with Crippen molar-refractivity contribution in [2.45, 2.75) is 46.5 Å². The molecule has 0 spiro atoms. The number of nitrogens with two attached hydrogens (primary N) is 1. The quantitative estimate of drug-likeness (QED) is 0.774. The van der Waals surface area contributed by atoms with E-state index in [4.69, 9.17) is 5.73 Å². The van der Waals surface area contributed by atoms with Gasteiger partial charge < -0.3 is 10.6 Å². The Morgan fingerprint density at radius 3 is 2.71 bits per heavy atom. The SMILES string of the molecule is CCCC1CCN(C(=O)C(CN)CC(C)C)C1. The fraction of sp³-hybridized carbons (Fsp3) is 0.929. The van der Waals surface area contributed by atoms with Crippen molar-refractivity contribution in [2.24, 2.45) is 23.5 Å². The molecule has 0 aromatic heterocycles. The normalized spacial score (nSPS) is 22.2. The number of carbonyl (C=O) groups is 1. The van der Waals surface area contributed by atoms with Crippen LogP contribution in [0.3, 0.4) is 0 Å². The zero-order chi connectivity index (χ0) is 12.8. The lowest BCUT2D eigenvalue weighted by Gasteiger charge is -2.23. The lowest BCUT2D eigenvalue weighted by Crippen LogP contribution is -2.38. The van der Waals surface area contributed by atoms with Crippen LogP contribution in [0.4, 0.5) is 0 Å². The second-order valence-corrected chi connectivity index (χ2v) is 5.79. The maximum atomic E-state index is 12.3. The Hall–Kier alpha value is -0.570. The molecule has 1 aliphatic rings. The van der Waals surface area contributed by atoms with Crippen molar-refractivity contribution in [1.82, 2.24) is 4.90 Å². The fourth-order valence-electron chi connectivity index (χ4n) is 2.80. The number of hydrogen-bond donors (Lipinski definition) is 1. The van der Waals surface area contributed by atoms with Crippen LogP contribution in [-0.4, -0.2) is 30.4 Å². The highest BCUT2D eigenvalue weighted by atomic mass is 16.2.